The summed E-state index contributed by atoms with van der Waals surface area (Å²) in [4.78, 5) is 26.1. The Labute approximate surface area is 109 Å². The second-order valence-corrected chi connectivity index (χ2v) is 3.80. The molecule has 4 N–H and O–H groups in total. The van der Waals surface area contributed by atoms with Gasteiger partial charge in [0.2, 0.25) is 5.89 Å². The van der Waals surface area contributed by atoms with Gasteiger partial charge in [-0.25, -0.2) is 14.6 Å². The van der Waals surface area contributed by atoms with E-state index >= 15 is 0 Å². The third-order valence-electron chi connectivity index (χ3n) is 2.37. The van der Waals surface area contributed by atoms with Gasteiger partial charge in [-0.15, -0.1) is 0 Å². The molecule has 1 atom stereocenters. The van der Waals surface area contributed by atoms with Crippen LogP contribution in [0.4, 0.5) is 4.79 Å². The van der Waals surface area contributed by atoms with Gasteiger partial charge in [0.25, 0.3) is 0 Å². The van der Waals surface area contributed by atoms with Crippen LogP contribution in [0.2, 0.25) is 0 Å². The van der Waals surface area contributed by atoms with Crippen molar-refractivity contribution in [1.82, 2.24) is 15.6 Å². The Morgan fingerprint density at radius 1 is 1.53 bits per heavy atom. The lowest BCUT2D eigenvalue weighted by atomic mass is 10.2. The molecule has 8 nitrogen and oxygen atoms in total. The molecule has 0 fully saturated rings. The smallest absolute Gasteiger partial charge is 0.326 e. The molecule has 0 unspecified atom stereocenters. The van der Waals surface area contributed by atoms with Crippen LogP contribution in [-0.2, 0) is 17.8 Å². The first-order valence-corrected chi connectivity index (χ1v) is 5.88. The SMILES string of the molecule is CCc1cnc(CNC(=O)N[C@H](CCO)C(=O)O)o1. The maximum Gasteiger partial charge on any atom is 0.326 e. The number of carboxylic acid groups (broad SMARTS) is 1. The molecule has 0 saturated heterocycles. The highest BCUT2D eigenvalue weighted by Gasteiger charge is 2.19. The van der Waals surface area contributed by atoms with Crippen LogP contribution >= 0.6 is 0 Å². The van der Waals surface area contributed by atoms with Gasteiger partial charge in [-0.3, -0.25) is 0 Å². The molecule has 0 aliphatic rings. The lowest BCUT2D eigenvalue weighted by Crippen LogP contribution is -2.46. The van der Waals surface area contributed by atoms with E-state index in [0.717, 1.165) is 0 Å². The van der Waals surface area contributed by atoms with Crippen LogP contribution in [0, 0.1) is 0 Å². The van der Waals surface area contributed by atoms with E-state index in [-0.39, 0.29) is 19.6 Å². The first-order chi connectivity index (χ1) is 9.06. The summed E-state index contributed by atoms with van der Waals surface area (Å²) in [7, 11) is 0. The fraction of sp³-hybridized carbons (Fsp3) is 0.545. The molecule has 1 aromatic rings. The van der Waals surface area contributed by atoms with E-state index in [4.69, 9.17) is 14.6 Å². The van der Waals surface area contributed by atoms with Crippen molar-refractivity contribution in [3.8, 4) is 0 Å². The number of carbonyl (C=O) groups excluding carboxylic acids is 1. The molecule has 1 heterocycles. The predicted octanol–water partition coefficient (Wildman–Crippen LogP) is -0.128. The summed E-state index contributed by atoms with van der Waals surface area (Å²) in [5, 5.41) is 22.1. The van der Waals surface area contributed by atoms with Crippen molar-refractivity contribution in [2.45, 2.75) is 32.4 Å². The van der Waals surface area contributed by atoms with Crippen LogP contribution < -0.4 is 10.6 Å². The zero-order valence-corrected chi connectivity index (χ0v) is 10.5. The van der Waals surface area contributed by atoms with Gasteiger partial charge >= 0.3 is 12.0 Å². The van der Waals surface area contributed by atoms with Crippen molar-refractivity contribution < 1.29 is 24.2 Å². The summed E-state index contributed by atoms with van der Waals surface area (Å²) in [6, 6.07) is -1.78. The van der Waals surface area contributed by atoms with Gasteiger partial charge in [0.15, 0.2) is 0 Å². The fourth-order valence-electron chi connectivity index (χ4n) is 1.34. The van der Waals surface area contributed by atoms with Gasteiger partial charge in [-0.2, -0.15) is 0 Å². The first-order valence-electron chi connectivity index (χ1n) is 5.88. The number of rotatable bonds is 7. The quantitative estimate of drug-likeness (QED) is 0.547. The molecule has 1 rings (SSSR count). The minimum atomic E-state index is -1.20. The number of hydrogen-bond donors (Lipinski definition) is 4. The van der Waals surface area contributed by atoms with Crippen LogP contribution in [0.1, 0.15) is 25.0 Å². The van der Waals surface area contributed by atoms with Crippen LogP contribution in [0.3, 0.4) is 0 Å². The first kappa shape index (κ1) is 15.0. The number of hydrogen-bond acceptors (Lipinski definition) is 5. The molecule has 0 saturated carbocycles. The Kier molecular flexibility index (Phi) is 5.80. The highest BCUT2D eigenvalue weighted by molar-refractivity contribution is 5.82. The molecule has 106 valence electrons. The number of aliphatic carboxylic acids is 1. The summed E-state index contributed by atoms with van der Waals surface area (Å²) in [5.41, 5.74) is 0. The molecule has 0 spiro atoms. The zero-order chi connectivity index (χ0) is 14.3. The van der Waals surface area contributed by atoms with E-state index in [1.54, 1.807) is 6.20 Å². The number of aryl methyl sites for hydroxylation is 1. The summed E-state index contributed by atoms with van der Waals surface area (Å²) in [6.45, 7) is 1.66. The number of oxazole rings is 1. The van der Waals surface area contributed by atoms with Crippen LogP contribution in [0.25, 0.3) is 0 Å². The number of nitrogens with zero attached hydrogens (tertiary/aromatic N) is 1. The highest BCUT2D eigenvalue weighted by Crippen LogP contribution is 2.03. The van der Waals surface area contributed by atoms with Gasteiger partial charge in [0.05, 0.1) is 12.7 Å². The third-order valence-corrected chi connectivity index (χ3v) is 2.37. The number of aliphatic hydroxyl groups excluding tert-OH is 1. The van der Waals surface area contributed by atoms with Crippen LogP contribution in [0.5, 0.6) is 0 Å². The fourth-order valence-corrected chi connectivity index (χ4v) is 1.34. The molecular weight excluding hydrogens is 254 g/mol. The van der Waals surface area contributed by atoms with Crippen molar-refractivity contribution in [3.05, 3.63) is 17.8 Å². The summed E-state index contributed by atoms with van der Waals surface area (Å²) >= 11 is 0. The van der Waals surface area contributed by atoms with E-state index < -0.39 is 18.0 Å². The maximum atomic E-state index is 11.4. The number of amides is 2. The summed E-state index contributed by atoms with van der Waals surface area (Å²) in [6.07, 6.45) is 2.22. The summed E-state index contributed by atoms with van der Waals surface area (Å²) < 4.78 is 5.27. The minimum absolute atomic E-state index is 0.0538. The molecule has 0 radical (unpaired) electrons. The highest BCUT2D eigenvalue weighted by atomic mass is 16.4. The van der Waals surface area contributed by atoms with E-state index in [1.807, 2.05) is 6.92 Å². The average Bonchev–Trinajstić information content (AvgIpc) is 2.83. The Morgan fingerprint density at radius 3 is 2.79 bits per heavy atom. The normalized spacial score (nSPS) is 11.9. The second kappa shape index (κ2) is 7.37. The van der Waals surface area contributed by atoms with Crippen molar-refractivity contribution in [1.29, 1.82) is 0 Å². The molecule has 0 aromatic carbocycles. The molecule has 0 aliphatic carbocycles. The second-order valence-electron chi connectivity index (χ2n) is 3.80. The Bertz CT molecular complexity index is 432. The zero-order valence-electron chi connectivity index (χ0n) is 10.5. The number of carboxylic acids is 1. The van der Waals surface area contributed by atoms with E-state index in [1.165, 1.54) is 0 Å². The van der Waals surface area contributed by atoms with Crippen molar-refractivity contribution >= 4 is 12.0 Å². The molecule has 2 amide bonds. The van der Waals surface area contributed by atoms with E-state index in [9.17, 15) is 9.59 Å². The van der Waals surface area contributed by atoms with Gasteiger partial charge in [0, 0.05) is 19.4 Å². The Hall–Kier alpha value is -2.09. The Morgan fingerprint density at radius 2 is 2.26 bits per heavy atom. The Balaban J connectivity index is 2.40. The van der Waals surface area contributed by atoms with E-state index in [0.29, 0.717) is 18.1 Å². The maximum absolute atomic E-state index is 11.4. The molecular formula is C11H17N3O5. The number of nitrogens with one attached hydrogen (secondary N) is 2. The largest absolute Gasteiger partial charge is 0.480 e. The number of carbonyl (C=O) groups is 2. The van der Waals surface area contributed by atoms with Gasteiger partial charge < -0.3 is 25.3 Å². The van der Waals surface area contributed by atoms with Crippen LogP contribution in [-0.4, -0.2) is 39.8 Å². The number of urea groups is 1. The molecule has 8 heteroatoms. The molecule has 19 heavy (non-hydrogen) atoms. The van der Waals surface area contributed by atoms with Crippen LogP contribution in [0.15, 0.2) is 10.6 Å². The number of aromatic nitrogens is 1. The summed E-state index contributed by atoms with van der Waals surface area (Å²) in [5.74, 6) is -0.143. The molecule has 0 bridgehead atoms. The van der Waals surface area contributed by atoms with E-state index in [2.05, 4.69) is 15.6 Å². The number of aliphatic hydroxyl groups is 1. The van der Waals surface area contributed by atoms with Crippen molar-refractivity contribution in [2.75, 3.05) is 6.61 Å². The lowest BCUT2D eigenvalue weighted by Gasteiger charge is -2.13. The van der Waals surface area contributed by atoms with Gasteiger partial charge in [0.1, 0.15) is 11.8 Å². The van der Waals surface area contributed by atoms with Gasteiger partial charge in [-0.05, 0) is 0 Å². The third kappa shape index (κ3) is 4.96. The standard InChI is InChI=1S/C11H17N3O5/c1-2-7-5-12-9(19-7)6-13-11(18)14-8(3-4-15)10(16)17/h5,8,15H,2-4,6H2,1H3,(H,16,17)(H2,13,14,18)/t8-/m1/s1. The average molecular weight is 271 g/mol. The van der Waals surface area contributed by atoms with Crippen molar-refractivity contribution in [3.63, 3.8) is 0 Å². The topological polar surface area (TPSA) is 125 Å². The van der Waals surface area contributed by atoms with Gasteiger partial charge in [-0.1, -0.05) is 6.92 Å². The minimum Gasteiger partial charge on any atom is -0.480 e. The lowest BCUT2D eigenvalue weighted by molar-refractivity contribution is -0.139. The molecule has 0 aliphatic heterocycles. The molecule has 1 aromatic heterocycles. The predicted molar refractivity (Wildman–Crippen MR) is 64.4 cm³/mol. The monoisotopic (exact) mass is 271 g/mol. The van der Waals surface area contributed by atoms with Crippen molar-refractivity contribution in [2.24, 2.45) is 0 Å².